The minimum atomic E-state index is -3.55. The molecule has 0 radical (unpaired) electrons. The SMILES string of the molecule is CCN(CC)S(=O)(=O)c1ccc(C)c(C(=O)NC(C)C)c1. The van der Waals surface area contributed by atoms with Gasteiger partial charge in [0.1, 0.15) is 0 Å². The normalized spacial score (nSPS) is 12.0. The van der Waals surface area contributed by atoms with Gasteiger partial charge in [0.05, 0.1) is 4.90 Å². The number of aryl methyl sites for hydroxylation is 1. The molecule has 0 aliphatic carbocycles. The molecule has 0 heterocycles. The smallest absolute Gasteiger partial charge is 0.251 e. The predicted molar refractivity (Wildman–Crippen MR) is 83.9 cm³/mol. The van der Waals surface area contributed by atoms with E-state index in [4.69, 9.17) is 0 Å². The molecule has 0 unspecified atom stereocenters. The van der Waals surface area contributed by atoms with Gasteiger partial charge in [0.15, 0.2) is 0 Å². The van der Waals surface area contributed by atoms with Gasteiger partial charge in [-0.05, 0) is 38.5 Å². The molecule has 5 nitrogen and oxygen atoms in total. The predicted octanol–water partition coefficient (Wildman–Crippen LogP) is 2.16. The minimum Gasteiger partial charge on any atom is -0.350 e. The second-order valence-electron chi connectivity index (χ2n) is 5.19. The third-order valence-corrected chi connectivity index (χ3v) is 5.26. The van der Waals surface area contributed by atoms with Crippen molar-refractivity contribution in [3.8, 4) is 0 Å². The number of hydrogen-bond donors (Lipinski definition) is 1. The lowest BCUT2D eigenvalue weighted by atomic mass is 10.1. The van der Waals surface area contributed by atoms with E-state index in [2.05, 4.69) is 5.32 Å². The molecule has 0 atom stereocenters. The van der Waals surface area contributed by atoms with Crippen molar-refractivity contribution in [2.75, 3.05) is 13.1 Å². The number of benzene rings is 1. The number of sulfonamides is 1. The van der Waals surface area contributed by atoms with E-state index in [1.165, 1.54) is 10.4 Å². The zero-order valence-electron chi connectivity index (χ0n) is 13.3. The van der Waals surface area contributed by atoms with Crippen LogP contribution in [-0.2, 0) is 10.0 Å². The number of nitrogens with zero attached hydrogens (tertiary/aromatic N) is 1. The van der Waals surface area contributed by atoms with Crippen LogP contribution in [0.15, 0.2) is 23.1 Å². The van der Waals surface area contributed by atoms with Gasteiger partial charge < -0.3 is 5.32 Å². The average Bonchev–Trinajstić information content (AvgIpc) is 2.39. The molecule has 0 bridgehead atoms. The molecule has 0 aromatic heterocycles. The lowest BCUT2D eigenvalue weighted by Gasteiger charge is -2.19. The van der Waals surface area contributed by atoms with Crippen LogP contribution in [-0.4, -0.2) is 37.8 Å². The number of amides is 1. The van der Waals surface area contributed by atoms with E-state index in [1.54, 1.807) is 32.9 Å². The molecule has 0 fully saturated rings. The van der Waals surface area contributed by atoms with Gasteiger partial charge in [0, 0.05) is 24.7 Å². The maximum absolute atomic E-state index is 12.5. The Kier molecular flexibility index (Phi) is 5.92. The Balaban J connectivity index is 3.27. The molecule has 1 aromatic carbocycles. The highest BCUT2D eigenvalue weighted by Crippen LogP contribution is 2.19. The Bertz CT molecular complexity index is 605. The van der Waals surface area contributed by atoms with Gasteiger partial charge in [0.25, 0.3) is 5.91 Å². The van der Waals surface area contributed by atoms with Crippen LogP contribution in [0.3, 0.4) is 0 Å². The Morgan fingerprint density at radius 2 is 1.81 bits per heavy atom. The zero-order chi connectivity index (χ0) is 16.2. The molecule has 0 aliphatic rings. The molecule has 0 aliphatic heterocycles. The fourth-order valence-electron chi connectivity index (χ4n) is 2.06. The first-order valence-electron chi connectivity index (χ1n) is 7.15. The maximum Gasteiger partial charge on any atom is 0.251 e. The third kappa shape index (κ3) is 4.04. The van der Waals surface area contributed by atoms with E-state index in [1.807, 2.05) is 13.8 Å². The summed E-state index contributed by atoms with van der Waals surface area (Å²) in [5, 5.41) is 2.79. The Labute approximate surface area is 127 Å². The summed E-state index contributed by atoms with van der Waals surface area (Å²) in [6.45, 7) is 9.92. The summed E-state index contributed by atoms with van der Waals surface area (Å²) in [4.78, 5) is 12.3. The first-order valence-corrected chi connectivity index (χ1v) is 8.59. The summed E-state index contributed by atoms with van der Waals surface area (Å²) in [5.74, 6) is -0.251. The average molecular weight is 312 g/mol. The highest BCUT2D eigenvalue weighted by Gasteiger charge is 2.23. The van der Waals surface area contributed by atoms with Crippen LogP contribution in [0.4, 0.5) is 0 Å². The largest absolute Gasteiger partial charge is 0.350 e. The molecule has 0 spiro atoms. The van der Waals surface area contributed by atoms with Crippen molar-refractivity contribution < 1.29 is 13.2 Å². The molecule has 0 saturated heterocycles. The van der Waals surface area contributed by atoms with E-state index in [-0.39, 0.29) is 16.8 Å². The molecule has 21 heavy (non-hydrogen) atoms. The van der Waals surface area contributed by atoms with Crippen LogP contribution in [0.5, 0.6) is 0 Å². The Hall–Kier alpha value is -1.40. The summed E-state index contributed by atoms with van der Waals surface area (Å²) in [7, 11) is -3.55. The molecular formula is C15H24N2O3S. The number of carbonyl (C=O) groups excluding carboxylic acids is 1. The van der Waals surface area contributed by atoms with E-state index in [0.29, 0.717) is 18.7 Å². The summed E-state index contributed by atoms with van der Waals surface area (Å²) in [5.41, 5.74) is 1.16. The number of carbonyl (C=O) groups is 1. The fourth-order valence-corrected chi connectivity index (χ4v) is 3.54. The van der Waals surface area contributed by atoms with Crippen molar-refractivity contribution in [1.82, 2.24) is 9.62 Å². The maximum atomic E-state index is 12.5. The van der Waals surface area contributed by atoms with Crippen molar-refractivity contribution in [2.45, 2.75) is 45.6 Å². The van der Waals surface area contributed by atoms with Gasteiger partial charge in [-0.1, -0.05) is 19.9 Å². The van der Waals surface area contributed by atoms with E-state index in [9.17, 15) is 13.2 Å². The molecule has 118 valence electrons. The van der Waals surface area contributed by atoms with Crippen LogP contribution < -0.4 is 5.32 Å². The molecule has 1 rings (SSSR count). The summed E-state index contributed by atoms with van der Waals surface area (Å²) in [6, 6.07) is 4.68. The van der Waals surface area contributed by atoms with Crippen LogP contribution in [0, 0.1) is 6.92 Å². The van der Waals surface area contributed by atoms with Crippen molar-refractivity contribution in [2.24, 2.45) is 0 Å². The summed E-state index contributed by atoms with van der Waals surface area (Å²) < 4.78 is 26.4. The van der Waals surface area contributed by atoms with Crippen LogP contribution in [0.25, 0.3) is 0 Å². The fraction of sp³-hybridized carbons (Fsp3) is 0.533. The standard InChI is InChI=1S/C15H24N2O3S/c1-6-17(7-2)21(19,20)13-9-8-12(5)14(10-13)15(18)16-11(3)4/h8-11H,6-7H2,1-5H3,(H,16,18). The molecular weight excluding hydrogens is 288 g/mol. The minimum absolute atomic E-state index is 0.0000506. The molecule has 1 N–H and O–H groups in total. The number of hydrogen-bond acceptors (Lipinski definition) is 3. The zero-order valence-corrected chi connectivity index (χ0v) is 14.1. The van der Waals surface area contributed by atoms with Gasteiger partial charge in [-0.3, -0.25) is 4.79 Å². The van der Waals surface area contributed by atoms with Crippen LogP contribution >= 0.6 is 0 Å². The number of rotatable bonds is 6. The van der Waals surface area contributed by atoms with Gasteiger partial charge in [-0.15, -0.1) is 0 Å². The molecule has 6 heteroatoms. The lowest BCUT2D eigenvalue weighted by molar-refractivity contribution is 0.0942. The van der Waals surface area contributed by atoms with Crippen molar-refractivity contribution >= 4 is 15.9 Å². The summed E-state index contributed by atoms with van der Waals surface area (Å²) >= 11 is 0. The van der Waals surface area contributed by atoms with E-state index >= 15 is 0 Å². The van der Waals surface area contributed by atoms with Gasteiger partial charge in [0.2, 0.25) is 10.0 Å². The lowest BCUT2D eigenvalue weighted by Crippen LogP contribution is -2.32. The third-order valence-electron chi connectivity index (χ3n) is 3.22. The van der Waals surface area contributed by atoms with Gasteiger partial charge in [-0.25, -0.2) is 8.42 Å². The topological polar surface area (TPSA) is 66.5 Å². The molecule has 1 amide bonds. The Morgan fingerprint density at radius 3 is 2.29 bits per heavy atom. The van der Waals surface area contributed by atoms with E-state index in [0.717, 1.165) is 5.56 Å². The first kappa shape index (κ1) is 17.7. The van der Waals surface area contributed by atoms with E-state index < -0.39 is 10.0 Å². The first-order chi connectivity index (χ1) is 9.73. The number of nitrogens with one attached hydrogen (secondary N) is 1. The summed E-state index contributed by atoms with van der Waals surface area (Å²) in [6.07, 6.45) is 0. The Morgan fingerprint density at radius 1 is 1.24 bits per heavy atom. The second kappa shape index (κ2) is 7.04. The van der Waals surface area contributed by atoms with Crippen LogP contribution in [0.1, 0.15) is 43.6 Å². The van der Waals surface area contributed by atoms with Gasteiger partial charge in [-0.2, -0.15) is 4.31 Å². The van der Waals surface area contributed by atoms with Crippen molar-refractivity contribution in [3.63, 3.8) is 0 Å². The van der Waals surface area contributed by atoms with Crippen LogP contribution in [0.2, 0.25) is 0 Å². The van der Waals surface area contributed by atoms with Crippen molar-refractivity contribution in [1.29, 1.82) is 0 Å². The highest BCUT2D eigenvalue weighted by atomic mass is 32.2. The van der Waals surface area contributed by atoms with Gasteiger partial charge >= 0.3 is 0 Å². The highest BCUT2D eigenvalue weighted by molar-refractivity contribution is 7.89. The quantitative estimate of drug-likeness (QED) is 0.875. The molecule has 1 aromatic rings. The molecule has 0 saturated carbocycles. The monoisotopic (exact) mass is 312 g/mol. The second-order valence-corrected chi connectivity index (χ2v) is 7.13. The van der Waals surface area contributed by atoms with Crippen molar-refractivity contribution in [3.05, 3.63) is 29.3 Å².